The van der Waals surface area contributed by atoms with Gasteiger partial charge >= 0.3 is 12.1 Å². The van der Waals surface area contributed by atoms with Gasteiger partial charge in [-0.3, -0.25) is 4.90 Å². The van der Waals surface area contributed by atoms with E-state index < -0.39 is 77.2 Å². The van der Waals surface area contributed by atoms with Gasteiger partial charge in [0.25, 0.3) is 4.08 Å². The number of rotatable bonds is 7. The molecule has 0 aromatic carbocycles. The van der Waals surface area contributed by atoms with Crippen molar-refractivity contribution in [1.29, 1.82) is 0 Å². The van der Waals surface area contributed by atoms with Crippen LogP contribution in [0, 0.1) is 5.92 Å². The molecule has 0 aromatic heterocycles. The van der Waals surface area contributed by atoms with Gasteiger partial charge in [0, 0.05) is 0 Å². The molecule has 38 heavy (non-hydrogen) atoms. The number of sulfone groups is 2. The van der Waals surface area contributed by atoms with Crippen molar-refractivity contribution in [1.82, 2.24) is 4.90 Å². The average molecular weight is 580 g/mol. The highest BCUT2D eigenvalue weighted by atomic mass is 32.3. The number of ether oxygens (including phenoxy) is 3. The van der Waals surface area contributed by atoms with E-state index in [-0.39, 0.29) is 19.4 Å². The van der Waals surface area contributed by atoms with Gasteiger partial charge in [-0.15, -0.1) is 0 Å². The minimum atomic E-state index is -4.36. The first kappa shape index (κ1) is 31.1. The lowest BCUT2D eigenvalue weighted by molar-refractivity contribution is -0.144. The Morgan fingerprint density at radius 2 is 1.55 bits per heavy atom. The third-order valence-corrected chi connectivity index (χ3v) is 13.8. The Morgan fingerprint density at radius 1 is 0.974 bits per heavy atom. The molecule has 3 fully saturated rings. The first-order chi connectivity index (χ1) is 17.5. The van der Waals surface area contributed by atoms with Crippen LogP contribution in [-0.2, 0) is 38.7 Å². The molecule has 0 N–H and O–H groups in total. The molecule has 0 bridgehead atoms. The minimum Gasteiger partial charge on any atom is -0.464 e. The maximum absolute atomic E-state index is 13.4. The van der Waals surface area contributed by atoms with Crippen LogP contribution in [0.25, 0.3) is 0 Å². The summed E-state index contributed by atoms with van der Waals surface area (Å²) in [7, 11) is -8.71. The van der Waals surface area contributed by atoms with Gasteiger partial charge in [0.1, 0.15) is 11.3 Å². The summed E-state index contributed by atoms with van der Waals surface area (Å²) in [5.74, 6) is -1.71. The van der Waals surface area contributed by atoms with Crippen molar-refractivity contribution in [3.05, 3.63) is 0 Å². The van der Waals surface area contributed by atoms with Crippen molar-refractivity contribution in [2.24, 2.45) is 5.92 Å². The molecule has 2 saturated heterocycles. The first-order valence-electron chi connectivity index (χ1n) is 13.8. The second-order valence-electron chi connectivity index (χ2n) is 12.3. The molecule has 3 rings (SSSR count). The molecule has 3 aliphatic rings. The molecule has 1 amide bonds. The van der Waals surface area contributed by atoms with Crippen molar-refractivity contribution in [3.8, 4) is 0 Å². The molecule has 0 radical (unpaired) electrons. The summed E-state index contributed by atoms with van der Waals surface area (Å²) in [6, 6.07) is -0.462. The van der Waals surface area contributed by atoms with Gasteiger partial charge in [0.15, 0.2) is 19.7 Å². The van der Waals surface area contributed by atoms with Gasteiger partial charge in [-0.2, -0.15) is 0 Å². The van der Waals surface area contributed by atoms with Gasteiger partial charge in [0.05, 0.1) is 30.3 Å². The maximum Gasteiger partial charge on any atom is 0.412 e. The van der Waals surface area contributed by atoms with E-state index in [1.165, 1.54) is 13.3 Å². The average Bonchev–Trinajstić information content (AvgIpc) is 3.01. The van der Waals surface area contributed by atoms with E-state index in [1.54, 1.807) is 39.5 Å². The van der Waals surface area contributed by atoms with E-state index >= 15 is 0 Å². The van der Waals surface area contributed by atoms with Crippen LogP contribution < -0.4 is 0 Å². The van der Waals surface area contributed by atoms with E-state index in [2.05, 4.69) is 0 Å². The summed E-state index contributed by atoms with van der Waals surface area (Å²) in [6.07, 6.45) is 4.21. The number of hydrogen-bond donors (Lipinski definition) is 0. The summed E-state index contributed by atoms with van der Waals surface area (Å²) in [6.45, 7) is 10.2. The third-order valence-electron chi connectivity index (χ3n) is 7.85. The smallest absolute Gasteiger partial charge is 0.412 e. The van der Waals surface area contributed by atoms with Crippen LogP contribution in [0.5, 0.6) is 0 Å². The van der Waals surface area contributed by atoms with Gasteiger partial charge in [-0.05, 0) is 73.1 Å². The normalized spacial score (nSPS) is 28.5. The standard InChI is InChI=1S/C26H45NO9S2/c1-7-34-22(28)26(37(30,31)16-11-17-38(26,32)33)15-14-21-20(18-19-12-9-8-10-13-19)27(25(5,6)35-21)23(29)36-24(2,3)4/h19-21H,7-18H2,1-6H3/t20-,21-/m0/s1. The van der Waals surface area contributed by atoms with Crippen LogP contribution in [-0.4, -0.2) is 79.5 Å². The van der Waals surface area contributed by atoms with Crippen molar-refractivity contribution in [2.75, 3.05) is 18.1 Å². The van der Waals surface area contributed by atoms with Crippen LogP contribution in [0.15, 0.2) is 0 Å². The summed E-state index contributed by atoms with van der Waals surface area (Å²) < 4.78 is 67.6. The number of carbonyl (C=O) groups is 2. The summed E-state index contributed by atoms with van der Waals surface area (Å²) in [4.78, 5) is 28.1. The van der Waals surface area contributed by atoms with Gasteiger partial charge in [-0.1, -0.05) is 32.1 Å². The Bertz CT molecular complexity index is 1050. The highest BCUT2D eigenvalue weighted by Gasteiger charge is 2.64. The molecule has 1 saturated carbocycles. The Kier molecular flexibility index (Phi) is 9.20. The highest BCUT2D eigenvalue weighted by molar-refractivity contribution is 8.12. The van der Waals surface area contributed by atoms with Crippen molar-refractivity contribution in [3.63, 3.8) is 0 Å². The summed E-state index contributed by atoms with van der Waals surface area (Å²) in [5, 5.41) is 0. The SMILES string of the molecule is CCOC(=O)C1(CC[C@@H]2OC(C)(C)N(C(=O)OC(C)(C)C)[C@H]2CC2CCCCC2)S(=O)(=O)CCCS1(=O)=O. The summed E-state index contributed by atoms with van der Waals surface area (Å²) >= 11 is 0. The van der Waals surface area contributed by atoms with Gasteiger partial charge in [-0.25, -0.2) is 26.4 Å². The van der Waals surface area contributed by atoms with Crippen molar-refractivity contribution in [2.45, 2.75) is 127 Å². The van der Waals surface area contributed by atoms with Crippen LogP contribution in [0.1, 0.15) is 99.3 Å². The second-order valence-corrected chi connectivity index (χ2v) is 17.2. The van der Waals surface area contributed by atoms with Crippen LogP contribution in [0.2, 0.25) is 0 Å². The lowest BCUT2D eigenvalue weighted by Gasteiger charge is -2.37. The fourth-order valence-electron chi connectivity index (χ4n) is 6.21. The first-order valence-corrected chi connectivity index (χ1v) is 17.1. The molecule has 2 atom stereocenters. The quantitative estimate of drug-likeness (QED) is 0.411. The molecular formula is C26H45NO9S2. The zero-order chi connectivity index (χ0) is 28.6. The molecular weight excluding hydrogens is 534 g/mol. The number of amides is 1. The zero-order valence-electron chi connectivity index (χ0n) is 23.7. The predicted octanol–water partition coefficient (Wildman–Crippen LogP) is 3.97. The molecule has 220 valence electrons. The Hall–Kier alpha value is -1.40. The molecule has 10 nitrogen and oxygen atoms in total. The molecule has 0 aromatic rings. The van der Waals surface area contributed by atoms with E-state index in [9.17, 15) is 26.4 Å². The lowest BCUT2D eigenvalue weighted by Crippen LogP contribution is -2.58. The van der Waals surface area contributed by atoms with Crippen LogP contribution in [0.3, 0.4) is 0 Å². The number of hydrogen-bond acceptors (Lipinski definition) is 9. The number of nitrogens with zero attached hydrogens (tertiary/aromatic N) is 1. The van der Waals surface area contributed by atoms with E-state index in [4.69, 9.17) is 14.2 Å². The number of esters is 1. The third kappa shape index (κ3) is 6.16. The molecule has 0 unspecified atom stereocenters. The van der Waals surface area contributed by atoms with E-state index in [1.807, 2.05) is 0 Å². The Morgan fingerprint density at radius 3 is 2.08 bits per heavy atom. The molecule has 1 aliphatic carbocycles. The van der Waals surface area contributed by atoms with Gasteiger partial charge in [0.2, 0.25) is 0 Å². The van der Waals surface area contributed by atoms with E-state index in [0.29, 0.717) is 12.3 Å². The number of carbonyl (C=O) groups excluding carboxylic acids is 2. The van der Waals surface area contributed by atoms with Crippen LogP contribution in [0.4, 0.5) is 4.79 Å². The fraction of sp³-hybridized carbons (Fsp3) is 0.923. The molecule has 0 spiro atoms. The zero-order valence-corrected chi connectivity index (χ0v) is 25.3. The van der Waals surface area contributed by atoms with E-state index in [0.717, 1.165) is 25.7 Å². The maximum atomic E-state index is 13.4. The molecule has 2 aliphatic heterocycles. The Balaban J connectivity index is 1.98. The fourth-order valence-corrected chi connectivity index (χ4v) is 11.6. The Labute approximate surface area is 228 Å². The molecule has 2 heterocycles. The topological polar surface area (TPSA) is 133 Å². The van der Waals surface area contributed by atoms with Crippen LogP contribution >= 0.6 is 0 Å². The largest absolute Gasteiger partial charge is 0.464 e. The minimum absolute atomic E-state index is 0.0443. The second kappa shape index (κ2) is 11.2. The van der Waals surface area contributed by atoms with Crippen molar-refractivity contribution >= 4 is 31.7 Å². The molecule has 12 heteroatoms. The monoisotopic (exact) mass is 579 g/mol. The lowest BCUT2D eigenvalue weighted by atomic mass is 9.83. The predicted molar refractivity (Wildman–Crippen MR) is 143 cm³/mol. The van der Waals surface area contributed by atoms with Crippen molar-refractivity contribution < 1.29 is 40.6 Å². The van der Waals surface area contributed by atoms with Gasteiger partial charge < -0.3 is 14.2 Å². The summed E-state index contributed by atoms with van der Waals surface area (Å²) in [5.41, 5.74) is -1.81. The highest BCUT2D eigenvalue weighted by Crippen LogP contribution is 2.44.